The van der Waals surface area contributed by atoms with Crippen LogP contribution in [-0.4, -0.2) is 59.1 Å². The van der Waals surface area contributed by atoms with Gasteiger partial charge in [-0.15, -0.1) is 11.3 Å². The standard InChI is InChI=1S/C33H38N4O9S2/c1-18-26-29(38)37(33(2,3)31(39)35-48(41,42)22-11-12-22)32(40)36(30(26)47-27(18)28-34-13-14-44-28)17-25(23-7-5-6-8-24(23)43-4)46-21-15-19-9-10-20(16-21)45-19/h5-8,13-14,19-22,25H,9-12,15-17H2,1-4H3,(H,35,39)/t19-,20-,25+/m1/s1. The van der Waals surface area contributed by atoms with Gasteiger partial charge in [0.05, 0.1) is 53.7 Å². The average molecular weight is 699 g/mol. The molecule has 15 heteroatoms. The number of benzene rings is 1. The average Bonchev–Trinajstić information content (AvgIpc) is 3.54. The molecule has 5 heterocycles. The fraction of sp³-hybridized carbons (Fsp3) is 0.515. The minimum absolute atomic E-state index is 0.0360. The molecule has 0 radical (unpaired) electrons. The van der Waals surface area contributed by atoms with Gasteiger partial charge in [0, 0.05) is 5.56 Å². The third-order valence-corrected chi connectivity index (χ3v) is 12.7. The van der Waals surface area contributed by atoms with E-state index in [0.717, 1.165) is 17.4 Å². The molecule has 1 aromatic carbocycles. The van der Waals surface area contributed by atoms with Crippen LogP contribution in [0.5, 0.6) is 5.75 Å². The summed E-state index contributed by atoms with van der Waals surface area (Å²) in [5.74, 6) is -0.125. The number of hydrogen-bond acceptors (Lipinski definition) is 11. The Morgan fingerprint density at radius 2 is 1.85 bits per heavy atom. The number of sulfonamides is 1. The predicted octanol–water partition coefficient (Wildman–Crippen LogP) is 4.01. The maximum absolute atomic E-state index is 14.7. The lowest BCUT2D eigenvalue weighted by molar-refractivity contribution is -0.126. The molecular weight excluding hydrogens is 661 g/mol. The topological polar surface area (TPSA) is 161 Å². The third kappa shape index (κ3) is 5.80. The van der Waals surface area contributed by atoms with E-state index in [4.69, 9.17) is 18.6 Å². The molecule has 1 saturated carbocycles. The Morgan fingerprint density at radius 1 is 1.15 bits per heavy atom. The second kappa shape index (κ2) is 12.3. The van der Waals surface area contributed by atoms with Gasteiger partial charge in [-0.2, -0.15) is 0 Å². The Morgan fingerprint density at radius 3 is 2.50 bits per heavy atom. The van der Waals surface area contributed by atoms with Gasteiger partial charge in [-0.05, 0) is 70.9 Å². The van der Waals surface area contributed by atoms with Crippen molar-refractivity contribution in [2.45, 2.75) is 101 Å². The Labute approximate surface area is 280 Å². The van der Waals surface area contributed by atoms with Crippen molar-refractivity contribution < 1.29 is 31.8 Å². The van der Waals surface area contributed by atoms with Gasteiger partial charge in [0.2, 0.25) is 15.9 Å². The lowest BCUT2D eigenvalue weighted by atomic mass is 10.0. The SMILES string of the molecule is COc1ccccc1[C@H](Cn1c(=O)n(C(C)(C)C(=O)NS(=O)(=O)C2CC2)c(=O)c2c(C)c(-c3ncco3)sc21)OC1C[C@H]2CC[C@H](C1)O2. The number of aromatic nitrogens is 3. The lowest BCUT2D eigenvalue weighted by Crippen LogP contribution is -2.57. The molecule has 256 valence electrons. The molecule has 2 saturated heterocycles. The van der Waals surface area contributed by atoms with Crippen molar-refractivity contribution in [3.8, 4) is 16.5 Å². The molecule has 13 nitrogen and oxygen atoms in total. The number of nitrogens with one attached hydrogen (secondary N) is 1. The highest BCUT2D eigenvalue weighted by atomic mass is 32.2. The van der Waals surface area contributed by atoms with Crippen LogP contribution in [0.25, 0.3) is 21.0 Å². The minimum atomic E-state index is -3.96. The van der Waals surface area contributed by atoms with Crippen molar-refractivity contribution in [2.75, 3.05) is 7.11 Å². The van der Waals surface area contributed by atoms with E-state index >= 15 is 0 Å². The summed E-state index contributed by atoms with van der Waals surface area (Å²) in [7, 11) is -2.39. The highest BCUT2D eigenvalue weighted by molar-refractivity contribution is 7.90. The van der Waals surface area contributed by atoms with Crippen LogP contribution in [0.15, 0.2) is 50.7 Å². The van der Waals surface area contributed by atoms with Crippen molar-refractivity contribution in [3.63, 3.8) is 0 Å². The van der Waals surface area contributed by atoms with Gasteiger partial charge in [-0.25, -0.2) is 22.8 Å². The first kappa shape index (κ1) is 32.7. The molecule has 3 fully saturated rings. The molecule has 0 spiro atoms. The Bertz CT molecular complexity index is 2080. The molecule has 2 aliphatic heterocycles. The number of methoxy groups -OCH3 is 1. The Kier molecular flexibility index (Phi) is 8.37. The normalized spacial score (nSPS) is 21.8. The first-order valence-corrected chi connectivity index (χ1v) is 18.4. The van der Waals surface area contributed by atoms with Crippen LogP contribution in [0.4, 0.5) is 0 Å². The fourth-order valence-electron chi connectivity index (χ4n) is 6.82. The van der Waals surface area contributed by atoms with Crippen molar-refractivity contribution >= 4 is 37.5 Å². The van der Waals surface area contributed by atoms with E-state index in [1.54, 1.807) is 14.0 Å². The van der Waals surface area contributed by atoms with Crippen molar-refractivity contribution in [3.05, 3.63) is 68.7 Å². The zero-order valence-electron chi connectivity index (χ0n) is 27.1. The summed E-state index contributed by atoms with van der Waals surface area (Å²) >= 11 is 1.18. The van der Waals surface area contributed by atoms with E-state index in [-0.39, 0.29) is 36.1 Å². The number of ether oxygens (including phenoxy) is 3. The number of para-hydroxylation sites is 1. The molecule has 4 aromatic rings. The monoisotopic (exact) mass is 698 g/mol. The van der Waals surface area contributed by atoms with Gasteiger partial charge < -0.3 is 18.6 Å². The van der Waals surface area contributed by atoms with Crippen molar-refractivity contribution in [2.24, 2.45) is 0 Å². The third-order valence-electron chi connectivity index (χ3n) is 9.59. The molecule has 1 aliphatic carbocycles. The van der Waals surface area contributed by atoms with Gasteiger partial charge in [0.15, 0.2) is 0 Å². The first-order chi connectivity index (χ1) is 22.9. The zero-order chi connectivity index (χ0) is 34.0. The van der Waals surface area contributed by atoms with Crippen LogP contribution in [0.3, 0.4) is 0 Å². The molecule has 3 aromatic heterocycles. The lowest BCUT2D eigenvalue weighted by Gasteiger charge is -2.33. The molecule has 1 N–H and O–H groups in total. The number of amides is 1. The number of nitrogens with zero attached hydrogens (tertiary/aromatic N) is 3. The molecular formula is C33H38N4O9S2. The first-order valence-electron chi connectivity index (χ1n) is 16.1. The van der Waals surface area contributed by atoms with Crippen LogP contribution < -0.4 is 20.7 Å². The maximum Gasteiger partial charge on any atom is 0.333 e. The van der Waals surface area contributed by atoms with E-state index in [2.05, 4.69) is 9.71 Å². The fourth-order valence-corrected chi connectivity index (χ4v) is 9.50. The summed E-state index contributed by atoms with van der Waals surface area (Å²) in [6.45, 7) is 4.43. The highest BCUT2D eigenvalue weighted by Crippen LogP contribution is 2.40. The van der Waals surface area contributed by atoms with E-state index in [1.165, 1.54) is 42.2 Å². The predicted molar refractivity (Wildman–Crippen MR) is 178 cm³/mol. The molecule has 1 amide bonds. The molecule has 48 heavy (non-hydrogen) atoms. The molecule has 0 unspecified atom stereocenters. The minimum Gasteiger partial charge on any atom is -0.496 e. The second-order valence-electron chi connectivity index (χ2n) is 13.3. The number of thiophene rings is 1. The number of aryl methyl sites for hydroxylation is 1. The van der Waals surface area contributed by atoms with Gasteiger partial charge in [-0.3, -0.25) is 18.9 Å². The van der Waals surface area contributed by atoms with Crippen LogP contribution in [0.1, 0.15) is 69.6 Å². The van der Waals surface area contributed by atoms with Crippen LogP contribution >= 0.6 is 11.3 Å². The largest absolute Gasteiger partial charge is 0.496 e. The smallest absolute Gasteiger partial charge is 0.333 e. The van der Waals surface area contributed by atoms with E-state index < -0.39 is 44.1 Å². The highest BCUT2D eigenvalue weighted by Gasteiger charge is 2.43. The summed E-state index contributed by atoms with van der Waals surface area (Å²) in [5, 5.41) is -0.476. The van der Waals surface area contributed by atoms with Crippen molar-refractivity contribution in [1.82, 2.24) is 18.8 Å². The Hall–Kier alpha value is -3.79. The number of fused-ring (bicyclic) bond motifs is 3. The van der Waals surface area contributed by atoms with Gasteiger partial charge in [-0.1, -0.05) is 18.2 Å². The van der Waals surface area contributed by atoms with E-state index in [9.17, 15) is 22.8 Å². The van der Waals surface area contributed by atoms with E-state index in [1.807, 2.05) is 24.3 Å². The van der Waals surface area contributed by atoms with Crippen LogP contribution in [-0.2, 0) is 36.4 Å². The molecule has 3 atom stereocenters. The molecule has 3 aliphatic rings. The van der Waals surface area contributed by atoms with Gasteiger partial charge in [0.25, 0.3) is 11.5 Å². The molecule has 2 bridgehead atoms. The summed E-state index contributed by atoms with van der Waals surface area (Å²) in [6, 6.07) is 7.42. The molecule has 7 rings (SSSR count). The van der Waals surface area contributed by atoms with Crippen LogP contribution in [0, 0.1) is 6.92 Å². The van der Waals surface area contributed by atoms with Crippen molar-refractivity contribution in [1.29, 1.82) is 0 Å². The number of hydrogen-bond donors (Lipinski definition) is 1. The van der Waals surface area contributed by atoms with Crippen LogP contribution in [0.2, 0.25) is 0 Å². The zero-order valence-corrected chi connectivity index (χ0v) is 28.8. The number of rotatable bonds is 11. The second-order valence-corrected chi connectivity index (χ2v) is 16.2. The summed E-state index contributed by atoms with van der Waals surface area (Å²) in [6.07, 6.45) is 6.53. The number of oxazole rings is 1. The maximum atomic E-state index is 14.7. The summed E-state index contributed by atoms with van der Waals surface area (Å²) in [4.78, 5) is 47.8. The van der Waals surface area contributed by atoms with Gasteiger partial charge in [0.1, 0.15) is 28.5 Å². The quantitative estimate of drug-likeness (QED) is 0.242. The summed E-state index contributed by atoms with van der Waals surface area (Å²) < 4.78 is 54.1. The summed E-state index contributed by atoms with van der Waals surface area (Å²) in [5.41, 5.74) is -2.16. The van der Waals surface area contributed by atoms with Gasteiger partial charge >= 0.3 is 5.69 Å². The number of carbonyl (C=O) groups is 1. The number of carbonyl (C=O) groups excluding carboxylic acids is 1. The Balaban J connectivity index is 1.39. The van der Waals surface area contributed by atoms with E-state index in [0.29, 0.717) is 52.3 Å².